The number of benzene rings is 1. The van der Waals surface area contributed by atoms with Gasteiger partial charge in [0, 0.05) is 48.5 Å². The maximum Gasteiger partial charge on any atom is 0.339 e. The van der Waals surface area contributed by atoms with Gasteiger partial charge in [-0.2, -0.15) is 4.98 Å². The largest absolute Gasteiger partial charge is 0.462 e. The van der Waals surface area contributed by atoms with E-state index in [2.05, 4.69) is 20.3 Å². The summed E-state index contributed by atoms with van der Waals surface area (Å²) in [5.74, 6) is -0.169. The Kier molecular flexibility index (Phi) is 7.51. The number of halogens is 2. The van der Waals surface area contributed by atoms with E-state index in [-0.39, 0.29) is 30.3 Å². The highest BCUT2D eigenvalue weighted by atomic mass is 35.5. The highest BCUT2D eigenvalue weighted by Crippen LogP contribution is 2.32. The third-order valence-corrected chi connectivity index (χ3v) is 5.44. The van der Waals surface area contributed by atoms with E-state index in [0.29, 0.717) is 47.9 Å². The van der Waals surface area contributed by atoms with Crippen molar-refractivity contribution >= 4 is 35.0 Å². The van der Waals surface area contributed by atoms with E-state index in [1.807, 2.05) is 4.90 Å². The molecule has 3 heterocycles. The summed E-state index contributed by atoms with van der Waals surface area (Å²) in [5.41, 5.74) is 2.10. The molecule has 34 heavy (non-hydrogen) atoms. The second-order valence-corrected chi connectivity index (χ2v) is 7.90. The van der Waals surface area contributed by atoms with Gasteiger partial charge in [0.15, 0.2) is 0 Å². The van der Waals surface area contributed by atoms with Crippen molar-refractivity contribution in [2.24, 2.45) is 0 Å². The van der Waals surface area contributed by atoms with Crippen molar-refractivity contribution < 1.29 is 23.8 Å². The molecule has 4 rings (SSSR count). The summed E-state index contributed by atoms with van der Waals surface area (Å²) >= 11 is 5.89. The number of aliphatic hydroxyl groups is 1. The first-order valence-corrected chi connectivity index (χ1v) is 11.0. The maximum absolute atomic E-state index is 13.5. The Balaban J connectivity index is 1.73. The van der Waals surface area contributed by atoms with Crippen LogP contribution in [0.1, 0.15) is 17.3 Å². The molecule has 0 spiro atoms. The number of esters is 1. The van der Waals surface area contributed by atoms with E-state index >= 15 is 0 Å². The van der Waals surface area contributed by atoms with Crippen molar-refractivity contribution in [1.29, 1.82) is 0 Å². The number of nitrogens with zero attached hydrogens (tertiary/aromatic N) is 4. The topological polar surface area (TPSA) is 110 Å². The number of morpholine rings is 1. The predicted molar refractivity (Wildman–Crippen MR) is 125 cm³/mol. The molecular weight excluding hydrogens is 465 g/mol. The van der Waals surface area contributed by atoms with Gasteiger partial charge in [0.05, 0.1) is 36.5 Å². The molecule has 1 atom stereocenters. The van der Waals surface area contributed by atoms with Gasteiger partial charge < -0.3 is 24.8 Å². The fourth-order valence-electron chi connectivity index (χ4n) is 3.52. The molecule has 178 valence electrons. The lowest BCUT2D eigenvalue weighted by molar-refractivity contribution is 0.00339. The van der Waals surface area contributed by atoms with Crippen molar-refractivity contribution in [3.05, 3.63) is 59.3 Å². The molecule has 0 radical (unpaired) electrons. The molecule has 1 aliphatic rings. The van der Waals surface area contributed by atoms with Crippen LogP contribution in [0.25, 0.3) is 11.1 Å². The number of hydrogen-bond acceptors (Lipinski definition) is 9. The summed E-state index contributed by atoms with van der Waals surface area (Å²) in [6.07, 6.45) is 4.30. The molecule has 0 bridgehead atoms. The number of carbonyl (C=O) groups excluding carboxylic acids is 1. The summed E-state index contributed by atoms with van der Waals surface area (Å²) in [5, 5.41) is 12.6. The molecule has 1 unspecified atom stereocenters. The average molecular weight is 488 g/mol. The van der Waals surface area contributed by atoms with E-state index in [0.717, 1.165) is 0 Å². The van der Waals surface area contributed by atoms with Crippen LogP contribution in [0, 0.1) is 5.82 Å². The zero-order chi connectivity index (χ0) is 24.1. The number of aromatic nitrogens is 3. The third-order valence-electron chi connectivity index (χ3n) is 5.15. The minimum Gasteiger partial charge on any atom is -0.462 e. The zero-order valence-corrected chi connectivity index (χ0v) is 19.1. The Hall–Kier alpha value is -3.34. The minimum atomic E-state index is -0.526. The first-order chi connectivity index (χ1) is 16.5. The number of ether oxygens (including phenoxy) is 2. The maximum atomic E-state index is 13.5. The van der Waals surface area contributed by atoms with Gasteiger partial charge in [-0.1, -0.05) is 11.6 Å². The second-order valence-electron chi connectivity index (χ2n) is 7.49. The van der Waals surface area contributed by atoms with Crippen LogP contribution in [0.5, 0.6) is 0 Å². The SMILES string of the molecule is CCOC(=O)c1cncc(-c2cnc(Nc3ccc(F)c(Cl)c3)nc2N2CCOC(CO)C2)c1. The lowest BCUT2D eigenvalue weighted by Crippen LogP contribution is -2.44. The van der Waals surface area contributed by atoms with Crippen LogP contribution in [0.4, 0.5) is 21.8 Å². The number of aliphatic hydroxyl groups excluding tert-OH is 1. The van der Waals surface area contributed by atoms with Crippen LogP contribution in [0.3, 0.4) is 0 Å². The Morgan fingerprint density at radius 1 is 1.35 bits per heavy atom. The van der Waals surface area contributed by atoms with E-state index in [4.69, 9.17) is 21.1 Å². The average Bonchev–Trinajstić information content (AvgIpc) is 2.86. The number of nitrogens with one attached hydrogen (secondary N) is 1. The highest BCUT2D eigenvalue weighted by Gasteiger charge is 2.25. The highest BCUT2D eigenvalue weighted by molar-refractivity contribution is 6.31. The van der Waals surface area contributed by atoms with Crippen molar-refractivity contribution in [1.82, 2.24) is 15.0 Å². The standard InChI is InChI=1S/C23H23ClFN5O4/c1-2-33-22(32)15-7-14(9-26-10-15)18-11-27-23(28-16-3-4-20(25)19(24)8-16)29-21(18)30-5-6-34-17(12-30)13-31/h3-4,7-11,17,31H,2,5-6,12-13H2,1H3,(H,27,28,29). The molecule has 1 aliphatic heterocycles. The Labute approximate surface area is 200 Å². The molecular formula is C23H23ClFN5O4. The van der Waals surface area contributed by atoms with Crippen LogP contribution >= 0.6 is 11.6 Å². The monoisotopic (exact) mass is 487 g/mol. The molecule has 11 heteroatoms. The molecule has 0 aliphatic carbocycles. The van der Waals surface area contributed by atoms with Gasteiger partial charge in [-0.15, -0.1) is 0 Å². The molecule has 2 aromatic heterocycles. The minimum absolute atomic E-state index is 0.0253. The van der Waals surface area contributed by atoms with Gasteiger partial charge in [-0.25, -0.2) is 14.2 Å². The number of hydrogen-bond donors (Lipinski definition) is 2. The van der Waals surface area contributed by atoms with Crippen LogP contribution in [0.2, 0.25) is 5.02 Å². The molecule has 1 fully saturated rings. The fourth-order valence-corrected chi connectivity index (χ4v) is 3.70. The van der Waals surface area contributed by atoms with Crippen molar-refractivity contribution in [3.8, 4) is 11.1 Å². The van der Waals surface area contributed by atoms with E-state index in [1.54, 1.807) is 25.4 Å². The van der Waals surface area contributed by atoms with Gasteiger partial charge in [-0.05, 0) is 31.2 Å². The van der Waals surface area contributed by atoms with Crippen LogP contribution in [-0.2, 0) is 9.47 Å². The van der Waals surface area contributed by atoms with Gasteiger partial charge in [0.2, 0.25) is 5.95 Å². The molecule has 9 nitrogen and oxygen atoms in total. The van der Waals surface area contributed by atoms with Gasteiger partial charge >= 0.3 is 5.97 Å². The summed E-state index contributed by atoms with van der Waals surface area (Å²) in [7, 11) is 0. The summed E-state index contributed by atoms with van der Waals surface area (Å²) in [6, 6.07) is 5.89. The summed E-state index contributed by atoms with van der Waals surface area (Å²) in [4.78, 5) is 27.5. The molecule has 1 aromatic carbocycles. The molecule has 2 N–H and O–H groups in total. The Morgan fingerprint density at radius 2 is 2.21 bits per heavy atom. The van der Waals surface area contributed by atoms with Crippen LogP contribution in [-0.4, -0.2) is 65.0 Å². The van der Waals surface area contributed by atoms with Crippen molar-refractivity contribution in [2.75, 3.05) is 43.1 Å². The van der Waals surface area contributed by atoms with Gasteiger partial charge in [0.25, 0.3) is 0 Å². The zero-order valence-electron chi connectivity index (χ0n) is 18.4. The lowest BCUT2D eigenvalue weighted by Gasteiger charge is -2.34. The van der Waals surface area contributed by atoms with E-state index < -0.39 is 11.8 Å². The van der Waals surface area contributed by atoms with Gasteiger partial charge in [-0.3, -0.25) is 4.98 Å². The molecule has 0 amide bonds. The third kappa shape index (κ3) is 5.41. The fraction of sp³-hybridized carbons (Fsp3) is 0.304. The van der Waals surface area contributed by atoms with Gasteiger partial charge in [0.1, 0.15) is 11.6 Å². The van der Waals surface area contributed by atoms with Crippen molar-refractivity contribution in [3.63, 3.8) is 0 Å². The normalized spacial score (nSPS) is 15.8. The molecule has 3 aromatic rings. The Bertz CT molecular complexity index is 1180. The number of rotatable bonds is 7. The predicted octanol–water partition coefficient (Wildman–Crippen LogP) is 3.45. The molecule has 0 saturated carbocycles. The van der Waals surface area contributed by atoms with Crippen LogP contribution in [0.15, 0.2) is 42.9 Å². The number of pyridine rings is 1. The van der Waals surface area contributed by atoms with Crippen molar-refractivity contribution in [2.45, 2.75) is 13.0 Å². The van der Waals surface area contributed by atoms with E-state index in [9.17, 15) is 14.3 Å². The Morgan fingerprint density at radius 3 is 2.97 bits per heavy atom. The smallest absolute Gasteiger partial charge is 0.339 e. The van der Waals surface area contributed by atoms with Crippen LogP contribution < -0.4 is 10.2 Å². The first kappa shape index (κ1) is 23.8. The number of anilines is 3. The second kappa shape index (κ2) is 10.7. The quantitative estimate of drug-likeness (QED) is 0.484. The van der Waals surface area contributed by atoms with E-state index in [1.165, 1.54) is 24.4 Å². The summed E-state index contributed by atoms with van der Waals surface area (Å²) in [6.45, 7) is 3.21. The number of carbonyl (C=O) groups is 1. The summed E-state index contributed by atoms with van der Waals surface area (Å²) < 4.78 is 24.2. The lowest BCUT2D eigenvalue weighted by atomic mass is 10.1. The first-order valence-electron chi connectivity index (χ1n) is 10.7. The molecule has 1 saturated heterocycles.